The number of furan rings is 1. The van der Waals surface area contributed by atoms with Gasteiger partial charge in [-0.05, 0) is 61.1 Å². The van der Waals surface area contributed by atoms with Gasteiger partial charge < -0.3 is 4.42 Å². The van der Waals surface area contributed by atoms with E-state index in [1.165, 1.54) is 40.8 Å². The highest BCUT2D eigenvalue weighted by Crippen LogP contribution is 2.35. The normalized spacial score (nSPS) is 13.7. The number of nitrogens with zero attached hydrogens (tertiary/aromatic N) is 2. The lowest BCUT2D eigenvalue weighted by molar-refractivity contribution is 0.476. The molecule has 0 fully saturated rings. The minimum absolute atomic E-state index is 0.00686. The highest BCUT2D eigenvalue weighted by atomic mass is 32.2. The summed E-state index contributed by atoms with van der Waals surface area (Å²) in [7, 11) is 0. The van der Waals surface area contributed by atoms with E-state index in [2.05, 4.69) is 0 Å². The van der Waals surface area contributed by atoms with Gasteiger partial charge in [0.1, 0.15) is 16.4 Å². The van der Waals surface area contributed by atoms with Gasteiger partial charge in [0.2, 0.25) is 0 Å². The minimum atomic E-state index is -0.253. The van der Waals surface area contributed by atoms with Gasteiger partial charge in [-0.15, -0.1) is 11.3 Å². The van der Waals surface area contributed by atoms with Crippen LogP contribution in [0.4, 0.5) is 4.39 Å². The van der Waals surface area contributed by atoms with Gasteiger partial charge in [-0.3, -0.25) is 9.36 Å². The van der Waals surface area contributed by atoms with Crippen LogP contribution >= 0.6 is 23.1 Å². The van der Waals surface area contributed by atoms with Gasteiger partial charge in [0.05, 0.1) is 18.2 Å². The number of aryl methyl sites for hydroxylation is 2. The monoisotopic (exact) mass is 426 g/mol. The third kappa shape index (κ3) is 3.65. The molecular formula is C22H19FN2O2S2. The highest BCUT2D eigenvalue weighted by Gasteiger charge is 2.22. The van der Waals surface area contributed by atoms with Crippen LogP contribution in [0.3, 0.4) is 0 Å². The van der Waals surface area contributed by atoms with E-state index in [4.69, 9.17) is 9.40 Å². The van der Waals surface area contributed by atoms with E-state index in [9.17, 15) is 9.18 Å². The van der Waals surface area contributed by atoms with Crippen LogP contribution in [-0.2, 0) is 25.1 Å². The first kappa shape index (κ1) is 18.6. The Hall–Kier alpha value is -2.38. The highest BCUT2D eigenvalue weighted by molar-refractivity contribution is 7.98. The maximum absolute atomic E-state index is 13.5. The molecule has 0 N–H and O–H groups in total. The van der Waals surface area contributed by atoms with Crippen molar-refractivity contribution in [3.63, 3.8) is 0 Å². The molecule has 148 valence electrons. The maximum Gasteiger partial charge on any atom is 0.263 e. The molecule has 0 bridgehead atoms. The van der Waals surface area contributed by atoms with Crippen LogP contribution in [0.2, 0.25) is 0 Å². The van der Waals surface area contributed by atoms with E-state index in [-0.39, 0.29) is 11.4 Å². The van der Waals surface area contributed by atoms with Crippen molar-refractivity contribution in [1.82, 2.24) is 9.55 Å². The van der Waals surface area contributed by atoms with Crippen LogP contribution in [0, 0.1) is 5.82 Å². The van der Waals surface area contributed by atoms with E-state index in [1.807, 2.05) is 12.1 Å². The second kappa shape index (κ2) is 7.80. The summed E-state index contributed by atoms with van der Waals surface area (Å²) >= 11 is 3.15. The van der Waals surface area contributed by atoms with Crippen molar-refractivity contribution in [1.29, 1.82) is 0 Å². The number of rotatable bonds is 5. The fraction of sp³-hybridized carbons (Fsp3) is 0.273. The lowest BCUT2D eigenvalue weighted by Crippen LogP contribution is -2.24. The molecule has 0 radical (unpaired) electrons. The van der Waals surface area contributed by atoms with E-state index < -0.39 is 0 Å². The first-order valence-corrected chi connectivity index (χ1v) is 11.4. The Bertz CT molecular complexity index is 1210. The number of halogens is 1. The van der Waals surface area contributed by atoms with Gasteiger partial charge in [-0.25, -0.2) is 9.37 Å². The number of hydrogen-bond donors (Lipinski definition) is 0. The largest absolute Gasteiger partial charge is 0.467 e. The first-order chi connectivity index (χ1) is 14.2. The Balaban J connectivity index is 1.58. The number of hydrogen-bond acceptors (Lipinski definition) is 5. The van der Waals surface area contributed by atoms with Gasteiger partial charge in [0.15, 0.2) is 5.16 Å². The summed E-state index contributed by atoms with van der Waals surface area (Å²) in [4.78, 5) is 20.5. The van der Waals surface area contributed by atoms with Crippen molar-refractivity contribution in [2.45, 2.75) is 43.1 Å². The van der Waals surface area contributed by atoms with Gasteiger partial charge >= 0.3 is 0 Å². The molecular weight excluding hydrogens is 407 g/mol. The lowest BCUT2D eigenvalue weighted by atomic mass is 9.97. The van der Waals surface area contributed by atoms with Gasteiger partial charge in [0.25, 0.3) is 5.56 Å². The molecule has 1 aromatic carbocycles. The summed E-state index contributed by atoms with van der Waals surface area (Å²) in [6.45, 7) is 0.352. The second-order valence-electron chi connectivity index (χ2n) is 7.17. The van der Waals surface area contributed by atoms with Crippen LogP contribution in [0.15, 0.2) is 57.0 Å². The Kier molecular flexibility index (Phi) is 5.01. The van der Waals surface area contributed by atoms with E-state index in [0.717, 1.165) is 40.8 Å². The average Bonchev–Trinajstić information content (AvgIpc) is 3.37. The number of thiophene rings is 1. The molecule has 29 heavy (non-hydrogen) atoms. The molecule has 3 aromatic heterocycles. The van der Waals surface area contributed by atoms with Crippen LogP contribution in [-0.4, -0.2) is 9.55 Å². The van der Waals surface area contributed by atoms with Crippen molar-refractivity contribution in [3.05, 3.63) is 80.6 Å². The van der Waals surface area contributed by atoms with Gasteiger partial charge in [-0.1, -0.05) is 23.9 Å². The predicted molar refractivity (Wildman–Crippen MR) is 114 cm³/mol. The van der Waals surface area contributed by atoms with Crippen molar-refractivity contribution < 1.29 is 8.81 Å². The minimum Gasteiger partial charge on any atom is -0.467 e. The molecule has 0 unspecified atom stereocenters. The van der Waals surface area contributed by atoms with Crippen LogP contribution in [0.1, 0.15) is 34.6 Å². The van der Waals surface area contributed by atoms with Crippen LogP contribution in [0.5, 0.6) is 0 Å². The molecule has 1 aliphatic rings. The smallest absolute Gasteiger partial charge is 0.263 e. The molecule has 0 saturated carbocycles. The molecule has 1 aliphatic carbocycles. The molecule has 3 heterocycles. The Morgan fingerprint density at radius 2 is 2.00 bits per heavy atom. The summed E-state index contributed by atoms with van der Waals surface area (Å²) in [5, 5.41) is 1.45. The SMILES string of the molecule is O=c1c2c3c(sc2nc(SCc2ccc(F)cc2)n1Cc1ccco1)CCCC3. The third-order valence-corrected chi connectivity index (χ3v) is 7.45. The molecule has 4 aromatic rings. The fourth-order valence-electron chi connectivity index (χ4n) is 3.76. The van der Waals surface area contributed by atoms with Crippen LogP contribution in [0.25, 0.3) is 10.2 Å². The lowest BCUT2D eigenvalue weighted by Gasteiger charge is -2.13. The van der Waals surface area contributed by atoms with Gasteiger partial charge in [-0.2, -0.15) is 0 Å². The van der Waals surface area contributed by atoms with Crippen molar-refractivity contribution in [2.75, 3.05) is 0 Å². The van der Waals surface area contributed by atoms with Gasteiger partial charge in [0, 0.05) is 10.6 Å². The Labute approximate surface area is 175 Å². The first-order valence-electron chi connectivity index (χ1n) is 9.64. The molecule has 0 aliphatic heterocycles. The zero-order chi connectivity index (χ0) is 19.8. The zero-order valence-electron chi connectivity index (χ0n) is 15.7. The summed E-state index contributed by atoms with van der Waals surface area (Å²) < 4.78 is 20.4. The average molecular weight is 427 g/mol. The number of benzene rings is 1. The molecule has 0 amide bonds. The second-order valence-corrected chi connectivity index (χ2v) is 9.20. The quantitative estimate of drug-likeness (QED) is 0.316. The summed E-state index contributed by atoms with van der Waals surface area (Å²) in [5.41, 5.74) is 2.19. The summed E-state index contributed by atoms with van der Waals surface area (Å²) in [5.74, 6) is 1.08. The molecule has 4 nitrogen and oxygen atoms in total. The fourth-order valence-corrected chi connectivity index (χ4v) is 6.01. The van der Waals surface area contributed by atoms with E-state index in [1.54, 1.807) is 34.3 Å². The molecule has 7 heteroatoms. The number of fused-ring (bicyclic) bond motifs is 3. The van der Waals surface area contributed by atoms with Crippen molar-refractivity contribution >= 4 is 33.3 Å². The predicted octanol–water partition coefficient (Wildman–Crippen LogP) is 5.41. The number of aromatic nitrogens is 2. The maximum atomic E-state index is 13.5. The Morgan fingerprint density at radius 1 is 1.17 bits per heavy atom. The molecule has 0 saturated heterocycles. The van der Waals surface area contributed by atoms with E-state index >= 15 is 0 Å². The Morgan fingerprint density at radius 3 is 2.79 bits per heavy atom. The van der Waals surface area contributed by atoms with E-state index in [0.29, 0.717) is 17.5 Å². The summed E-state index contributed by atoms with van der Waals surface area (Å²) in [6, 6.07) is 10.1. The molecule has 0 atom stereocenters. The standard InChI is InChI=1S/C22H19FN2O2S2/c23-15-9-7-14(8-10-15)13-28-22-24-20-19(17-5-1-2-6-18(17)29-20)21(26)25(22)12-16-4-3-11-27-16/h3-4,7-11H,1-2,5-6,12-13H2. The number of thioether (sulfide) groups is 1. The topological polar surface area (TPSA) is 48.0 Å². The third-order valence-electron chi connectivity index (χ3n) is 5.22. The molecule has 0 spiro atoms. The van der Waals surface area contributed by atoms with Crippen LogP contribution < -0.4 is 5.56 Å². The van der Waals surface area contributed by atoms with Crippen molar-refractivity contribution in [2.24, 2.45) is 0 Å². The summed E-state index contributed by atoms with van der Waals surface area (Å²) in [6.07, 6.45) is 5.90. The zero-order valence-corrected chi connectivity index (χ0v) is 17.3. The molecule has 5 rings (SSSR count). The van der Waals surface area contributed by atoms with Crippen molar-refractivity contribution in [3.8, 4) is 0 Å².